The van der Waals surface area contributed by atoms with Crippen molar-refractivity contribution in [1.29, 1.82) is 0 Å². The Kier molecular flexibility index (Phi) is 8.35. The smallest absolute Gasteiger partial charge is 0.271 e. The summed E-state index contributed by atoms with van der Waals surface area (Å²) in [4.78, 5) is 22.9. The Bertz CT molecular complexity index is 1170. The number of hydrogen-bond acceptors (Lipinski definition) is 8. The molecule has 180 valence electrons. The highest BCUT2D eigenvalue weighted by Crippen LogP contribution is 2.30. The summed E-state index contributed by atoms with van der Waals surface area (Å²) >= 11 is 7.26. The molecule has 3 rings (SSSR count). The van der Waals surface area contributed by atoms with Crippen LogP contribution in [0.1, 0.15) is 38.7 Å². The van der Waals surface area contributed by atoms with Crippen LogP contribution in [0.3, 0.4) is 0 Å². The number of hydrogen-bond donors (Lipinski definition) is 1. The van der Waals surface area contributed by atoms with Crippen LogP contribution in [-0.2, 0) is 4.79 Å². The molecule has 1 amide bonds. The van der Waals surface area contributed by atoms with Gasteiger partial charge in [-0.25, -0.2) is 0 Å². The number of halogens is 1. The van der Waals surface area contributed by atoms with E-state index in [1.54, 1.807) is 7.11 Å². The number of ether oxygens (including phenoxy) is 2. The fourth-order valence-corrected chi connectivity index (χ4v) is 4.14. The van der Waals surface area contributed by atoms with Gasteiger partial charge in [0.2, 0.25) is 5.91 Å². The number of aromatic nitrogens is 3. The number of amides is 1. The van der Waals surface area contributed by atoms with Gasteiger partial charge in [-0.15, -0.1) is 10.2 Å². The van der Waals surface area contributed by atoms with Crippen LogP contribution in [0.2, 0.25) is 5.02 Å². The topological polar surface area (TPSA) is 121 Å². The minimum atomic E-state index is -0.553. The number of nitrogens with one attached hydrogen (secondary N) is 1. The summed E-state index contributed by atoms with van der Waals surface area (Å²) in [6.07, 6.45) is -0.393. The maximum Gasteiger partial charge on any atom is 0.271 e. The SMILES string of the molecule is COc1ccc(OC(C)c2nnc(SCC(=O)Nc3cc([N+](=O)[O-])ccc3Cl)n2C(C)C)cc1. The van der Waals surface area contributed by atoms with Gasteiger partial charge in [0.05, 0.1) is 28.5 Å². The predicted molar refractivity (Wildman–Crippen MR) is 130 cm³/mol. The molecule has 0 spiro atoms. The largest absolute Gasteiger partial charge is 0.497 e. The maximum absolute atomic E-state index is 12.5. The van der Waals surface area contributed by atoms with E-state index in [1.165, 1.54) is 30.0 Å². The molecule has 1 heterocycles. The molecule has 0 saturated heterocycles. The average molecular weight is 506 g/mol. The first-order valence-electron chi connectivity index (χ1n) is 10.3. The molecular weight excluding hydrogens is 482 g/mol. The van der Waals surface area contributed by atoms with Gasteiger partial charge in [-0.05, 0) is 51.1 Å². The van der Waals surface area contributed by atoms with Crippen molar-refractivity contribution in [3.05, 3.63) is 63.4 Å². The number of rotatable bonds is 10. The summed E-state index contributed by atoms with van der Waals surface area (Å²) in [5.41, 5.74) is 0.0105. The second-order valence-electron chi connectivity index (χ2n) is 7.50. The molecule has 1 unspecified atom stereocenters. The number of carbonyl (C=O) groups excluding carboxylic acids is 1. The van der Waals surface area contributed by atoms with Crippen molar-refractivity contribution in [3.63, 3.8) is 0 Å². The number of nitro groups is 1. The number of non-ortho nitro benzene ring substituents is 1. The lowest BCUT2D eigenvalue weighted by atomic mass is 10.3. The molecule has 0 aliphatic carbocycles. The van der Waals surface area contributed by atoms with Crippen molar-refractivity contribution < 1.29 is 19.2 Å². The number of thioether (sulfide) groups is 1. The van der Waals surface area contributed by atoms with Gasteiger partial charge >= 0.3 is 0 Å². The lowest BCUT2D eigenvalue weighted by molar-refractivity contribution is -0.384. The van der Waals surface area contributed by atoms with Crippen molar-refractivity contribution in [2.75, 3.05) is 18.2 Å². The molecule has 3 aromatic rings. The normalized spacial score (nSPS) is 11.8. The average Bonchev–Trinajstić information content (AvgIpc) is 3.24. The summed E-state index contributed by atoms with van der Waals surface area (Å²) < 4.78 is 13.1. The first-order chi connectivity index (χ1) is 16.2. The van der Waals surface area contributed by atoms with Gasteiger partial charge in [0.1, 0.15) is 11.5 Å². The Hall–Kier alpha value is -3.31. The van der Waals surface area contributed by atoms with Gasteiger partial charge in [-0.2, -0.15) is 0 Å². The highest BCUT2D eigenvalue weighted by atomic mass is 35.5. The first kappa shape index (κ1) is 25.3. The van der Waals surface area contributed by atoms with E-state index in [2.05, 4.69) is 15.5 Å². The van der Waals surface area contributed by atoms with Gasteiger partial charge in [-0.1, -0.05) is 23.4 Å². The third-order valence-electron chi connectivity index (χ3n) is 4.71. The summed E-state index contributed by atoms with van der Waals surface area (Å²) in [6.45, 7) is 5.85. The van der Waals surface area contributed by atoms with E-state index in [4.69, 9.17) is 21.1 Å². The lowest BCUT2D eigenvalue weighted by Gasteiger charge is -2.19. The number of carbonyl (C=O) groups is 1. The Morgan fingerprint density at radius 1 is 1.18 bits per heavy atom. The molecule has 1 aromatic heterocycles. The summed E-state index contributed by atoms with van der Waals surface area (Å²) in [5.74, 6) is 1.64. The molecule has 0 saturated carbocycles. The fourth-order valence-electron chi connectivity index (χ4n) is 3.10. The van der Waals surface area contributed by atoms with Crippen LogP contribution >= 0.6 is 23.4 Å². The zero-order chi connectivity index (χ0) is 24.8. The maximum atomic E-state index is 12.5. The highest BCUT2D eigenvalue weighted by Gasteiger charge is 2.22. The van der Waals surface area contributed by atoms with Crippen LogP contribution < -0.4 is 14.8 Å². The number of anilines is 1. The van der Waals surface area contributed by atoms with Crippen LogP contribution in [-0.4, -0.2) is 38.5 Å². The van der Waals surface area contributed by atoms with Crippen LogP contribution in [0.4, 0.5) is 11.4 Å². The van der Waals surface area contributed by atoms with Crippen LogP contribution in [0, 0.1) is 10.1 Å². The van der Waals surface area contributed by atoms with Gasteiger partial charge in [0.25, 0.3) is 5.69 Å². The number of methoxy groups -OCH3 is 1. The van der Waals surface area contributed by atoms with Crippen molar-refractivity contribution in [2.24, 2.45) is 0 Å². The van der Waals surface area contributed by atoms with Gasteiger partial charge in [0, 0.05) is 18.2 Å². The molecule has 0 bridgehead atoms. The van der Waals surface area contributed by atoms with E-state index in [-0.39, 0.29) is 34.1 Å². The molecule has 0 aliphatic heterocycles. The van der Waals surface area contributed by atoms with Crippen molar-refractivity contribution in [1.82, 2.24) is 14.8 Å². The predicted octanol–water partition coefficient (Wildman–Crippen LogP) is 5.30. The Morgan fingerprint density at radius 2 is 1.85 bits per heavy atom. The summed E-state index contributed by atoms with van der Waals surface area (Å²) in [5, 5.41) is 22.9. The number of benzene rings is 2. The zero-order valence-electron chi connectivity index (χ0n) is 19.0. The highest BCUT2D eigenvalue weighted by molar-refractivity contribution is 7.99. The second kappa shape index (κ2) is 11.2. The van der Waals surface area contributed by atoms with Crippen LogP contribution in [0.5, 0.6) is 11.5 Å². The third kappa shape index (κ3) is 6.17. The Labute approximate surface area is 205 Å². The first-order valence-corrected chi connectivity index (χ1v) is 11.7. The van der Waals surface area contributed by atoms with Crippen molar-refractivity contribution in [3.8, 4) is 11.5 Å². The molecule has 0 aliphatic rings. The second-order valence-corrected chi connectivity index (χ2v) is 8.85. The van der Waals surface area contributed by atoms with E-state index in [0.717, 1.165) is 5.75 Å². The monoisotopic (exact) mass is 505 g/mol. The molecule has 1 atom stereocenters. The summed E-state index contributed by atoms with van der Waals surface area (Å²) in [7, 11) is 1.60. The molecule has 34 heavy (non-hydrogen) atoms. The van der Waals surface area contributed by atoms with E-state index < -0.39 is 11.0 Å². The minimum Gasteiger partial charge on any atom is -0.497 e. The van der Waals surface area contributed by atoms with Crippen molar-refractivity contribution in [2.45, 2.75) is 38.1 Å². The summed E-state index contributed by atoms with van der Waals surface area (Å²) in [6, 6.07) is 11.1. The van der Waals surface area contributed by atoms with Gasteiger partial charge in [-0.3, -0.25) is 14.9 Å². The van der Waals surface area contributed by atoms with E-state index in [1.807, 2.05) is 49.6 Å². The molecular formula is C22H24ClN5O5S. The van der Waals surface area contributed by atoms with E-state index in [9.17, 15) is 14.9 Å². The molecule has 2 aromatic carbocycles. The molecule has 1 N–H and O–H groups in total. The van der Waals surface area contributed by atoms with E-state index in [0.29, 0.717) is 16.7 Å². The standard InChI is InChI=1S/C22H24ClN5O5S/c1-13(2)27-21(14(3)33-17-8-6-16(32-4)7-9-17)25-26-22(27)34-12-20(29)24-19-11-15(28(30)31)5-10-18(19)23/h5-11,13-14H,12H2,1-4H3,(H,24,29). The zero-order valence-corrected chi connectivity index (χ0v) is 20.6. The van der Waals surface area contributed by atoms with Gasteiger partial charge in [0.15, 0.2) is 17.1 Å². The quantitative estimate of drug-likeness (QED) is 0.224. The molecule has 10 nitrogen and oxygen atoms in total. The third-order valence-corrected chi connectivity index (χ3v) is 5.98. The molecule has 0 radical (unpaired) electrons. The fraction of sp³-hybridized carbons (Fsp3) is 0.318. The number of nitrogens with zero attached hydrogens (tertiary/aromatic N) is 4. The van der Waals surface area contributed by atoms with E-state index >= 15 is 0 Å². The van der Waals surface area contributed by atoms with Crippen LogP contribution in [0.15, 0.2) is 47.6 Å². The number of nitro benzene ring substituents is 1. The van der Waals surface area contributed by atoms with Crippen LogP contribution in [0.25, 0.3) is 0 Å². The van der Waals surface area contributed by atoms with Gasteiger partial charge < -0.3 is 19.4 Å². The minimum absolute atomic E-state index is 0.0115. The Balaban J connectivity index is 1.69. The Morgan fingerprint density at radius 3 is 2.47 bits per heavy atom. The molecule has 12 heteroatoms. The van der Waals surface area contributed by atoms with Crippen molar-refractivity contribution >= 4 is 40.6 Å². The lowest BCUT2D eigenvalue weighted by Crippen LogP contribution is -2.17. The molecule has 0 fully saturated rings.